The molecule has 0 aliphatic rings. The molecule has 0 aromatic rings. The van der Waals surface area contributed by atoms with Gasteiger partial charge in [0.1, 0.15) is 0 Å². The van der Waals surface area contributed by atoms with Crippen molar-refractivity contribution >= 4 is 5.78 Å². The van der Waals surface area contributed by atoms with Crippen molar-refractivity contribution in [3.63, 3.8) is 0 Å². The predicted molar refractivity (Wildman–Crippen MR) is 69.7 cm³/mol. The van der Waals surface area contributed by atoms with Crippen molar-refractivity contribution in [2.24, 2.45) is 11.8 Å². The Labute approximate surface area is 104 Å². The van der Waals surface area contributed by atoms with E-state index < -0.39 is 0 Å². The molecule has 1 atom stereocenters. The van der Waals surface area contributed by atoms with E-state index in [1.165, 1.54) is 6.08 Å². The highest BCUT2D eigenvalue weighted by atomic mass is 16.3. The summed E-state index contributed by atoms with van der Waals surface area (Å²) in [5.74, 6) is 0.111. The maximum Gasteiger partial charge on any atom is 0.215 e. The Hall–Kier alpha value is -1.30. The molecular formula is C14H23NO2. The first-order valence-corrected chi connectivity index (χ1v) is 6.38. The van der Waals surface area contributed by atoms with Crippen LogP contribution in [0, 0.1) is 18.4 Å². The number of rotatable bonds is 8. The minimum Gasteiger partial charge on any atom is -0.512 e. The van der Waals surface area contributed by atoms with Gasteiger partial charge < -0.3 is 9.95 Å². The molecule has 0 saturated carbocycles. The van der Waals surface area contributed by atoms with Crippen molar-refractivity contribution in [1.29, 1.82) is 0 Å². The third-order valence-corrected chi connectivity index (χ3v) is 3.18. The highest BCUT2D eigenvalue weighted by Gasteiger charge is 2.17. The van der Waals surface area contributed by atoms with Crippen LogP contribution >= 0.6 is 0 Å². The lowest BCUT2D eigenvalue weighted by Crippen LogP contribution is -2.13. The molecule has 0 aliphatic carbocycles. The van der Waals surface area contributed by atoms with Gasteiger partial charge in [0.15, 0.2) is 5.78 Å². The van der Waals surface area contributed by atoms with E-state index in [4.69, 9.17) is 6.57 Å². The molecule has 3 nitrogen and oxygen atoms in total. The molecule has 3 heteroatoms. The summed E-state index contributed by atoms with van der Waals surface area (Å²) in [7, 11) is 0. The topological polar surface area (TPSA) is 41.7 Å². The normalized spacial score (nSPS) is 13.5. The lowest BCUT2D eigenvalue weighted by molar-refractivity contribution is -0.118. The molecule has 0 bridgehead atoms. The summed E-state index contributed by atoms with van der Waals surface area (Å²) in [5, 5.41) is 9.88. The molecule has 1 N–H and O–H groups in total. The summed E-state index contributed by atoms with van der Waals surface area (Å²) in [6.07, 6.45) is 4.36. The average molecular weight is 237 g/mol. The Balaban J connectivity index is 4.58. The van der Waals surface area contributed by atoms with E-state index in [-0.39, 0.29) is 23.4 Å². The molecule has 0 radical (unpaired) electrons. The third kappa shape index (κ3) is 5.53. The Morgan fingerprint density at radius 1 is 1.24 bits per heavy atom. The maximum absolute atomic E-state index is 11.8. The van der Waals surface area contributed by atoms with Crippen LogP contribution in [0.3, 0.4) is 0 Å². The van der Waals surface area contributed by atoms with Crippen molar-refractivity contribution in [3.05, 3.63) is 23.3 Å². The largest absolute Gasteiger partial charge is 0.512 e. The molecule has 0 spiro atoms. The van der Waals surface area contributed by atoms with Gasteiger partial charge in [0, 0.05) is 24.3 Å². The first-order chi connectivity index (χ1) is 8.10. The fraction of sp³-hybridized carbons (Fsp3) is 0.714. The summed E-state index contributed by atoms with van der Waals surface area (Å²) in [5.41, 5.74) is 0. The quantitative estimate of drug-likeness (QED) is 0.396. The summed E-state index contributed by atoms with van der Waals surface area (Å²) in [4.78, 5) is 15.1. The van der Waals surface area contributed by atoms with Gasteiger partial charge in [-0.05, 0) is 19.3 Å². The van der Waals surface area contributed by atoms with E-state index >= 15 is 0 Å². The summed E-state index contributed by atoms with van der Waals surface area (Å²) in [6.45, 7) is 13.1. The number of ketones is 1. The first-order valence-electron chi connectivity index (χ1n) is 6.38. The molecule has 0 aromatic heterocycles. The molecule has 0 aliphatic heterocycles. The Morgan fingerprint density at radius 3 is 2.18 bits per heavy atom. The maximum atomic E-state index is 11.8. The number of carbonyl (C=O) groups is 1. The monoisotopic (exact) mass is 237 g/mol. The van der Waals surface area contributed by atoms with Crippen LogP contribution in [0.4, 0.5) is 0 Å². The van der Waals surface area contributed by atoms with E-state index in [9.17, 15) is 9.90 Å². The van der Waals surface area contributed by atoms with Crippen LogP contribution < -0.4 is 0 Å². The standard InChI is InChI=1S/C14H23NO2/c1-5-11(6-2)13(16)10-14(17)12(7-3)8-9-15-4/h10-12,17H,5-9H2,1-3H3. The molecule has 0 aromatic carbocycles. The molecule has 0 rings (SSSR count). The van der Waals surface area contributed by atoms with Crippen molar-refractivity contribution in [1.82, 2.24) is 0 Å². The van der Waals surface area contributed by atoms with Crippen LogP contribution in [0.5, 0.6) is 0 Å². The number of hydrogen-bond acceptors (Lipinski definition) is 2. The molecule has 96 valence electrons. The fourth-order valence-corrected chi connectivity index (χ4v) is 1.85. The summed E-state index contributed by atoms with van der Waals surface area (Å²) < 4.78 is 0. The average Bonchev–Trinajstić information content (AvgIpc) is 2.31. The van der Waals surface area contributed by atoms with Gasteiger partial charge in [0.25, 0.3) is 0 Å². The number of hydrogen-bond donors (Lipinski definition) is 1. The molecule has 0 heterocycles. The van der Waals surface area contributed by atoms with Crippen LogP contribution in [0.15, 0.2) is 11.8 Å². The first kappa shape index (κ1) is 15.7. The molecule has 0 amide bonds. The van der Waals surface area contributed by atoms with Gasteiger partial charge >= 0.3 is 0 Å². The van der Waals surface area contributed by atoms with Gasteiger partial charge in [0.2, 0.25) is 6.54 Å². The van der Waals surface area contributed by atoms with Gasteiger partial charge in [-0.25, -0.2) is 6.57 Å². The molecule has 1 unspecified atom stereocenters. The van der Waals surface area contributed by atoms with Crippen molar-refractivity contribution in [3.8, 4) is 0 Å². The number of allylic oxidation sites excluding steroid dienone is 2. The van der Waals surface area contributed by atoms with Gasteiger partial charge in [-0.2, -0.15) is 0 Å². The number of carbonyl (C=O) groups excluding carboxylic acids is 1. The van der Waals surface area contributed by atoms with Crippen LogP contribution in [-0.4, -0.2) is 17.4 Å². The minimum absolute atomic E-state index is 0.00811. The second-order valence-electron chi connectivity index (χ2n) is 4.26. The van der Waals surface area contributed by atoms with Crippen molar-refractivity contribution < 1.29 is 9.90 Å². The SMILES string of the molecule is [C-]#[N+]CCC(CC)C(O)=CC(=O)C(CC)CC. The predicted octanol–water partition coefficient (Wildman–Crippen LogP) is 3.77. The third-order valence-electron chi connectivity index (χ3n) is 3.18. The zero-order chi connectivity index (χ0) is 13.3. The minimum atomic E-state index is -0.0533. The molecule has 0 fully saturated rings. The lowest BCUT2D eigenvalue weighted by atomic mass is 9.94. The summed E-state index contributed by atoms with van der Waals surface area (Å²) >= 11 is 0. The Kier molecular flexibility index (Phi) is 8.13. The van der Waals surface area contributed by atoms with Crippen molar-refractivity contribution in [2.45, 2.75) is 46.5 Å². The fourth-order valence-electron chi connectivity index (χ4n) is 1.85. The van der Waals surface area contributed by atoms with Gasteiger partial charge in [-0.3, -0.25) is 4.79 Å². The van der Waals surface area contributed by atoms with Crippen molar-refractivity contribution in [2.75, 3.05) is 6.54 Å². The van der Waals surface area contributed by atoms with Crippen LogP contribution in [0.1, 0.15) is 46.5 Å². The van der Waals surface area contributed by atoms with Gasteiger partial charge in [0.05, 0.1) is 5.76 Å². The summed E-state index contributed by atoms with van der Waals surface area (Å²) in [6, 6.07) is 0. The van der Waals surface area contributed by atoms with E-state index in [2.05, 4.69) is 4.85 Å². The Morgan fingerprint density at radius 2 is 1.76 bits per heavy atom. The number of aliphatic hydroxyl groups excluding tert-OH is 1. The lowest BCUT2D eigenvalue weighted by Gasteiger charge is -2.13. The number of nitrogens with zero attached hydrogens (tertiary/aromatic N) is 1. The second kappa shape index (κ2) is 8.81. The zero-order valence-corrected chi connectivity index (χ0v) is 11.1. The van der Waals surface area contributed by atoms with E-state index in [1.54, 1.807) is 0 Å². The number of aliphatic hydroxyl groups is 1. The highest BCUT2D eigenvalue weighted by molar-refractivity contribution is 5.92. The highest BCUT2D eigenvalue weighted by Crippen LogP contribution is 2.19. The van der Waals surface area contributed by atoms with Gasteiger partial charge in [-0.1, -0.05) is 20.8 Å². The second-order valence-corrected chi connectivity index (χ2v) is 4.26. The molecular weight excluding hydrogens is 214 g/mol. The molecule has 0 saturated heterocycles. The van der Waals surface area contributed by atoms with Crippen LogP contribution in [0.25, 0.3) is 4.85 Å². The van der Waals surface area contributed by atoms with Gasteiger partial charge in [-0.15, -0.1) is 0 Å². The Bertz CT molecular complexity index is 298. The van der Waals surface area contributed by atoms with E-state index in [0.29, 0.717) is 13.0 Å². The van der Waals surface area contributed by atoms with Crippen LogP contribution in [0.2, 0.25) is 0 Å². The smallest absolute Gasteiger partial charge is 0.215 e. The molecule has 17 heavy (non-hydrogen) atoms. The van der Waals surface area contributed by atoms with E-state index in [0.717, 1.165) is 19.3 Å². The zero-order valence-electron chi connectivity index (χ0n) is 11.1. The van der Waals surface area contributed by atoms with Crippen LogP contribution in [-0.2, 0) is 4.79 Å². The van der Waals surface area contributed by atoms with E-state index in [1.807, 2.05) is 20.8 Å².